The van der Waals surface area contributed by atoms with E-state index in [1.165, 1.54) is 0 Å². The minimum absolute atomic E-state index is 0.0310. The van der Waals surface area contributed by atoms with Crippen LogP contribution in [0.1, 0.15) is 47.5 Å². The van der Waals surface area contributed by atoms with Crippen LogP contribution in [0.2, 0.25) is 0 Å². The van der Waals surface area contributed by atoms with Crippen LogP contribution in [0.25, 0.3) is 0 Å². The number of ether oxygens (including phenoxy) is 1. The second-order valence-corrected chi connectivity index (χ2v) is 6.24. The lowest BCUT2D eigenvalue weighted by molar-refractivity contribution is -0.188. The van der Waals surface area contributed by atoms with Gasteiger partial charge in [-0.15, -0.1) is 0 Å². The standard InChI is InChI=1S/C13H26N2O2/c1-6-10(14)7-11(16)15-8-12(2,3)17-13(4,5)9-15/h10H,6-9,14H2,1-5H3. The summed E-state index contributed by atoms with van der Waals surface area (Å²) in [4.78, 5) is 14.0. The third kappa shape index (κ3) is 4.28. The first-order chi connectivity index (χ1) is 7.65. The van der Waals surface area contributed by atoms with Crippen molar-refractivity contribution < 1.29 is 9.53 Å². The predicted molar refractivity (Wildman–Crippen MR) is 68.7 cm³/mol. The van der Waals surface area contributed by atoms with Gasteiger partial charge in [-0.1, -0.05) is 6.92 Å². The third-order valence-electron chi connectivity index (χ3n) is 3.01. The maximum absolute atomic E-state index is 12.1. The Kier molecular flexibility index (Phi) is 4.20. The van der Waals surface area contributed by atoms with E-state index in [2.05, 4.69) is 0 Å². The molecular weight excluding hydrogens is 216 g/mol. The Bertz CT molecular complexity index is 271. The largest absolute Gasteiger partial charge is 0.366 e. The summed E-state index contributed by atoms with van der Waals surface area (Å²) in [5.74, 6) is 0.142. The van der Waals surface area contributed by atoms with E-state index in [9.17, 15) is 4.79 Å². The lowest BCUT2D eigenvalue weighted by Crippen LogP contribution is -2.59. The number of nitrogens with two attached hydrogens (primary N) is 1. The Morgan fingerprint density at radius 3 is 2.18 bits per heavy atom. The van der Waals surface area contributed by atoms with Crippen molar-refractivity contribution in [1.29, 1.82) is 0 Å². The summed E-state index contributed by atoms with van der Waals surface area (Å²) in [5.41, 5.74) is 5.27. The first kappa shape index (κ1) is 14.5. The number of hydrogen-bond donors (Lipinski definition) is 1. The molecule has 1 aliphatic rings. The highest BCUT2D eigenvalue weighted by molar-refractivity contribution is 5.77. The van der Waals surface area contributed by atoms with E-state index in [1.54, 1.807) is 0 Å². The average molecular weight is 242 g/mol. The fourth-order valence-electron chi connectivity index (χ4n) is 2.46. The van der Waals surface area contributed by atoms with Crippen LogP contribution in [0.4, 0.5) is 0 Å². The summed E-state index contributed by atoms with van der Waals surface area (Å²) in [5, 5.41) is 0. The van der Waals surface area contributed by atoms with Crippen molar-refractivity contribution in [3.63, 3.8) is 0 Å². The van der Waals surface area contributed by atoms with Gasteiger partial charge in [0.05, 0.1) is 11.2 Å². The third-order valence-corrected chi connectivity index (χ3v) is 3.01. The Morgan fingerprint density at radius 1 is 1.29 bits per heavy atom. The highest BCUT2D eigenvalue weighted by Crippen LogP contribution is 2.28. The van der Waals surface area contributed by atoms with Crippen LogP contribution < -0.4 is 5.73 Å². The van der Waals surface area contributed by atoms with Crippen LogP contribution in [0.5, 0.6) is 0 Å². The van der Waals surface area contributed by atoms with E-state index >= 15 is 0 Å². The second kappa shape index (κ2) is 4.94. The van der Waals surface area contributed by atoms with Gasteiger partial charge in [0.25, 0.3) is 0 Å². The van der Waals surface area contributed by atoms with Crippen molar-refractivity contribution in [2.75, 3.05) is 13.1 Å². The second-order valence-electron chi connectivity index (χ2n) is 6.24. The molecule has 0 radical (unpaired) electrons. The maximum atomic E-state index is 12.1. The van der Waals surface area contributed by atoms with E-state index in [0.29, 0.717) is 19.5 Å². The van der Waals surface area contributed by atoms with Crippen LogP contribution in [0, 0.1) is 0 Å². The Balaban J connectivity index is 2.67. The molecule has 0 saturated carbocycles. The number of morpholine rings is 1. The van der Waals surface area contributed by atoms with E-state index in [-0.39, 0.29) is 23.2 Å². The Morgan fingerprint density at radius 2 is 1.76 bits per heavy atom. The van der Waals surface area contributed by atoms with Crippen LogP contribution in [0.15, 0.2) is 0 Å². The minimum Gasteiger partial charge on any atom is -0.366 e. The van der Waals surface area contributed by atoms with Gasteiger partial charge in [-0.2, -0.15) is 0 Å². The highest BCUT2D eigenvalue weighted by Gasteiger charge is 2.39. The maximum Gasteiger partial charge on any atom is 0.224 e. The fraction of sp³-hybridized carbons (Fsp3) is 0.923. The van der Waals surface area contributed by atoms with Gasteiger partial charge in [-0.3, -0.25) is 4.79 Å². The molecule has 1 rings (SSSR count). The van der Waals surface area contributed by atoms with Gasteiger partial charge in [-0.25, -0.2) is 0 Å². The molecule has 1 atom stereocenters. The van der Waals surface area contributed by atoms with Gasteiger partial charge < -0.3 is 15.4 Å². The quantitative estimate of drug-likeness (QED) is 0.816. The normalized spacial score (nSPS) is 24.5. The van der Waals surface area contributed by atoms with Gasteiger partial charge >= 0.3 is 0 Å². The topological polar surface area (TPSA) is 55.6 Å². The zero-order chi connectivity index (χ0) is 13.3. The Hall–Kier alpha value is -0.610. The lowest BCUT2D eigenvalue weighted by Gasteiger charge is -2.47. The van der Waals surface area contributed by atoms with E-state index < -0.39 is 0 Å². The molecule has 1 aliphatic heterocycles. The van der Waals surface area contributed by atoms with Crippen LogP contribution in [-0.2, 0) is 9.53 Å². The highest BCUT2D eigenvalue weighted by atomic mass is 16.5. The molecule has 2 N–H and O–H groups in total. The zero-order valence-electron chi connectivity index (χ0n) is 11.7. The van der Waals surface area contributed by atoms with Crippen molar-refractivity contribution in [1.82, 2.24) is 4.90 Å². The smallest absolute Gasteiger partial charge is 0.224 e. The molecule has 4 nitrogen and oxygen atoms in total. The Labute approximate surface area is 104 Å². The van der Waals surface area contributed by atoms with E-state index in [4.69, 9.17) is 10.5 Å². The van der Waals surface area contributed by atoms with Crippen LogP contribution in [-0.4, -0.2) is 41.1 Å². The monoisotopic (exact) mass is 242 g/mol. The number of rotatable bonds is 3. The van der Waals surface area contributed by atoms with Crippen molar-refractivity contribution >= 4 is 5.91 Å². The number of nitrogens with zero attached hydrogens (tertiary/aromatic N) is 1. The van der Waals surface area contributed by atoms with Gasteiger partial charge in [0.2, 0.25) is 5.91 Å². The SMILES string of the molecule is CCC(N)CC(=O)N1CC(C)(C)OC(C)(C)C1. The zero-order valence-corrected chi connectivity index (χ0v) is 11.7. The summed E-state index contributed by atoms with van der Waals surface area (Å²) in [6.45, 7) is 11.4. The summed E-state index contributed by atoms with van der Waals surface area (Å²) in [7, 11) is 0. The van der Waals surface area contributed by atoms with Crippen molar-refractivity contribution in [2.45, 2.75) is 64.7 Å². The molecule has 0 aromatic rings. The summed E-state index contributed by atoms with van der Waals surface area (Å²) in [6.07, 6.45) is 1.27. The molecule has 0 aromatic heterocycles. The number of carbonyl (C=O) groups excluding carboxylic acids is 1. The van der Waals surface area contributed by atoms with E-state index in [0.717, 1.165) is 6.42 Å². The molecule has 1 amide bonds. The van der Waals surface area contributed by atoms with Crippen molar-refractivity contribution in [2.24, 2.45) is 5.73 Å². The summed E-state index contributed by atoms with van der Waals surface area (Å²) in [6, 6.07) is -0.0310. The number of hydrogen-bond acceptors (Lipinski definition) is 3. The summed E-state index contributed by atoms with van der Waals surface area (Å²) < 4.78 is 5.95. The molecular formula is C13H26N2O2. The van der Waals surface area contributed by atoms with E-state index in [1.807, 2.05) is 39.5 Å². The molecule has 1 fully saturated rings. The van der Waals surface area contributed by atoms with Crippen LogP contribution >= 0.6 is 0 Å². The molecule has 17 heavy (non-hydrogen) atoms. The molecule has 1 heterocycles. The molecule has 100 valence electrons. The molecule has 1 unspecified atom stereocenters. The molecule has 1 saturated heterocycles. The van der Waals surface area contributed by atoms with Gasteiger partial charge in [0.15, 0.2) is 0 Å². The van der Waals surface area contributed by atoms with Crippen LogP contribution in [0.3, 0.4) is 0 Å². The first-order valence-corrected chi connectivity index (χ1v) is 6.39. The van der Waals surface area contributed by atoms with Crippen molar-refractivity contribution in [3.8, 4) is 0 Å². The van der Waals surface area contributed by atoms with Crippen molar-refractivity contribution in [3.05, 3.63) is 0 Å². The first-order valence-electron chi connectivity index (χ1n) is 6.39. The average Bonchev–Trinajstić information content (AvgIpc) is 2.12. The predicted octanol–water partition coefficient (Wildman–Crippen LogP) is 1.53. The fourth-order valence-corrected chi connectivity index (χ4v) is 2.46. The summed E-state index contributed by atoms with van der Waals surface area (Å²) >= 11 is 0. The van der Waals surface area contributed by atoms with Gasteiger partial charge in [0.1, 0.15) is 0 Å². The van der Waals surface area contributed by atoms with Gasteiger partial charge in [0, 0.05) is 25.6 Å². The molecule has 0 aliphatic carbocycles. The van der Waals surface area contributed by atoms with Gasteiger partial charge in [-0.05, 0) is 34.1 Å². The number of carbonyl (C=O) groups is 1. The molecule has 0 spiro atoms. The lowest BCUT2D eigenvalue weighted by atomic mass is 9.98. The molecule has 0 bridgehead atoms. The molecule has 4 heteroatoms. The number of amides is 1. The minimum atomic E-state index is -0.284. The molecule has 0 aromatic carbocycles.